The minimum atomic E-state index is -0.0603. The predicted molar refractivity (Wildman–Crippen MR) is 96.0 cm³/mol. The van der Waals surface area contributed by atoms with Gasteiger partial charge in [-0.25, -0.2) is 9.97 Å². The summed E-state index contributed by atoms with van der Waals surface area (Å²) in [5.74, 6) is 2.20. The van der Waals surface area contributed by atoms with Crippen LogP contribution in [0.15, 0.2) is 55.0 Å². The van der Waals surface area contributed by atoms with Crippen molar-refractivity contribution in [3.8, 4) is 11.6 Å². The minimum Gasteiger partial charge on any atom is -0.497 e. The lowest BCUT2D eigenvalue weighted by molar-refractivity contribution is -0.116. The van der Waals surface area contributed by atoms with Crippen molar-refractivity contribution < 1.29 is 9.53 Å². The molecule has 6 heteroatoms. The first-order chi connectivity index (χ1) is 12.2. The predicted octanol–water partition coefficient (Wildman–Crippen LogP) is 3.16. The molecule has 0 aliphatic carbocycles. The standard InChI is InChI=1S/C19H20N4O2/c1-14-20-11-12-23(14)19-17(7-4-10-21-19)22-18(24)9-8-15-5-3-6-16(13-15)25-2/h3-7,10-13H,8-9H2,1-2H3,(H,22,24). The van der Waals surface area contributed by atoms with Crippen LogP contribution >= 0.6 is 0 Å². The summed E-state index contributed by atoms with van der Waals surface area (Å²) in [4.78, 5) is 20.9. The topological polar surface area (TPSA) is 69.0 Å². The fourth-order valence-corrected chi connectivity index (χ4v) is 2.59. The highest BCUT2D eigenvalue weighted by Crippen LogP contribution is 2.19. The zero-order valence-electron chi connectivity index (χ0n) is 14.3. The van der Waals surface area contributed by atoms with Gasteiger partial charge in [-0.05, 0) is 43.2 Å². The molecular weight excluding hydrogens is 316 g/mol. The van der Waals surface area contributed by atoms with Crippen molar-refractivity contribution in [3.63, 3.8) is 0 Å². The molecule has 25 heavy (non-hydrogen) atoms. The van der Waals surface area contributed by atoms with Crippen LogP contribution in [0.5, 0.6) is 5.75 Å². The SMILES string of the molecule is COc1cccc(CCC(=O)Nc2cccnc2-n2ccnc2C)c1. The van der Waals surface area contributed by atoms with Gasteiger partial charge in [0, 0.05) is 25.0 Å². The molecule has 0 aliphatic heterocycles. The molecule has 0 unspecified atom stereocenters. The van der Waals surface area contributed by atoms with E-state index in [0.29, 0.717) is 24.3 Å². The number of aryl methyl sites for hydroxylation is 2. The van der Waals surface area contributed by atoms with Crippen LogP contribution in [0.2, 0.25) is 0 Å². The minimum absolute atomic E-state index is 0.0603. The molecule has 0 saturated heterocycles. The Morgan fingerprint density at radius 2 is 2.08 bits per heavy atom. The number of hydrogen-bond acceptors (Lipinski definition) is 4. The lowest BCUT2D eigenvalue weighted by Crippen LogP contribution is -2.15. The summed E-state index contributed by atoms with van der Waals surface area (Å²) in [7, 11) is 1.63. The molecular formula is C19H20N4O2. The van der Waals surface area contributed by atoms with Crippen molar-refractivity contribution in [2.45, 2.75) is 19.8 Å². The van der Waals surface area contributed by atoms with Gasteiger partial charge in [-0.2, -0.15) is 0 Å². The number of carbonyl (C=O) groups excluding carboxylic acids is 1. The number of imidazole rings is 1. The van der Waals surface area contributed by atoms with Gasteiger partial charge in [-0.1, -0.05) is 12.1 Å². The van der Waals surface area contributed by atoms with Gasteiger partial charge in [0.15, 0.2) is 5.82 Å². The van der Waals surface area contributed by atoms with E-state index in [1.807, 2.05) is 48.0 Å². The maximum absolute atomic E-state index is 12.4. The summed E-state index contributed by atoms with van der Waals surface area (Å²) in [5.41, 5.74) is 1.73. The molecule has 0 bridgehead atoms. The van der Waals surface area contributed by atoms with E-state index in [0.717, 1.165) is 17.1 Å². The Morgan fingerprint density at radius 3 is 2.84 bits per heavy atom. The smallest absolute Gasteiger partial charge is 0.224 e. The largest absolute Gasteiger partial charge is 0.497 e. The summed E-state index contributed by atoms with van der Waals surface area (Å²) < 4.78 is 7.05. The van der Waals surface area contributed by atoms with Gasteiger partial charge in [0.2, 0.25) is 5.91 Å². The summed E-state index contributed by atoms with van der Waals surface area (Å²) in [5, 5.41) is 2.94. The highest BCUT2D eigenvalue weighted by Gasteiger charge is 2.11. The maximum atomic E-state index is 12.4. The average molecular weight is 336 g/mol. The van der Waals surface area contributed by atoms with Gasteiger partial charge < -0.3 is 10.1 Å². The van der Waals surface area contributed by atoms with Crippen molar-refractivity contribution >= 4 is 11.6 Å². The summed E-state index contributed by atoms with van der Waals surface area (Å²) in [6.45, 7) is 1.89. The van der Waals surface area contributed by atoms with E-state index < -0.39 is 0 Å². The Labute approximate surface area is 146 Å². The molecule has 0 radical (unpaired) electrons. The maximum Gasteiger partial charge on any atom is 0.224 e. The second kappa shape index (κ2) is 7.61. The number of anilines is 1. The van der Waals surface area contributed by atoms with Crippen LogP contribution in [0.4, 0.5) is 5.69 Å². The zero-order chi connectivity index (χ0) is 17.6. The first kappa shape index (κ1) is 16.7. The molecule has 3 aromatic rings. The average Bonchev–Trinajstić information content (AvgIpc) is 3.06. The fraction of sp³-hybridized carbons (Fsp3) is 0.211. The normalized spacial score (nSPS) is 10.5. The molecule has 3 rings (SSSR count). The molecule has 2 heterocycles. The highest BCUT2D eigenvalue weighted by atomic mass is 16.5. The molecule has 1 amide bonds. The number of methoxy groups -OCH3 is 1. The first-order valence-corrected chi connectivity index (χ1v) is 8.05. The van der Waals surface area contributed by atoms with E-state index in [1.165, 1.54) is 0 Å². The highest BCUT2D eigenvalue weighted by molar-refractivity contribution is 5.92. The second-order valence-electron chi connectivity index (χ2n) is 5.62. The Kier molecular flexibility index (Phi) is 5.09. The van der Waals surface area contributed by atoms with Crippen molar-refractivity contribution in [2.75, 3.05) is 12.4 Å². The van der Waals surface area contributed by atoms with E-state index in [2.05, 4.69) is 15.3 Å². The van der Waals surface area contributed by atoms with Crippen LogP contribution < -0.4 is 10.1 Å². The number of nitrogens with zero attached hydrogens (tertiary/aromatic N) is 3. The third kappa shape index (κ3) is 4.03. The van der Waals surface area contributed by atoms with E-state index in [9.17, 15) is 4.79 Å². The number of nitrogens with one attached hydrogen (secondary N) is 1. The van der Waals surface area contributed by atoms with Crippen molar-refractivity contribution in [1.29, 1.82) is 0 Å². The monoisotopic (exact) mass is 336 g/mol. The summed E-state index contributed by atoms with van der Waals surface area (Å²) >= 11 is 0. The molecule has 1 aromatic carbocycles. The molecule has 0 aliphatic rings. The molecule has 1 N–H and O–H groups in total. The fourth-order valence-electron chi connectivity index (χ4n) is 2.59. The van der Waals surface area contributed by atoms with Gasteiger partial charge in [0.1, 0.15) is 11.6 Å². The van der Waals surface area contributed by atoms with Crippen LogP contribution in [-0.2, 0) is 11.2 Å². The quantitative estimate of drug-likeness (QED) is 0.751. The number of aromatic nitrogens is 3. The Balaban J connectivity index is 1.68. The second-order valence-corrected chi connectivity index (χ2v) is 5.62. The number of benzene rings is 1. The third-order valence-corrected chi connectivity index (χ3v) is 3.89. The molecule has 0 spiro atoms. The molecule has 0 fully saturated rings. The van der Waals surface area contributed by atoms with Crippen LogP contribution in [0.3, 0.4) is 0 Å². The van der Waals surface area contributed by atoms with Crippen molar-refractivity contribution in [2.24, 2.45) is 0 Å². The van der Waals surface area contributed by atoms with Gasteiger partial charge in [0.05, 0.1) is 12.8 Å². The number of pyridine rings is 1. The van der Waals surface area contributed by atoms with Gasteiger partial charge in [-0.15, -0.1) is 0 Å². The molecule has 6 nitrogen and oxygen atoms in total. The molecule has 128 valence electrons. The van der Waals surface area contributed by atoms with Crippen LogP contribution in [0, 0.1) is 6.92 Å². The van der Waals surface area contributed by atoms with E-state index in [4.69, 9.17) is 4.74 Å². The Bertz CT molecular complexity index is 873. The van der Waals surface area contributed by atoms with Crippen LogP contribution in [-0.4, -0.2) is 27.6 Å². The third-order valence-electron chi connectivity index (χ3n) is 3.89. The Hall–Kier alpha value is -3.15. The summed E-state index contributed by atoms with van der Waals surface area (Å²) in [6, 6.07) is 11.4. The zero-order valence-corrected chi connectivity index (χ0v) is 14.3. The molecule has 0 atom stereocenters. The first-order valence-electron chi connectivity index (χ1n) is 8.05. The van der Waals surface area contributed by atoms with Crippen LogP contribution in [0.25, 0.3) is 5.82 Å². The number of hydrogen-bond donors (Lipinski definition) is 1. The number of carbonyl (C=O) groups is 1. The van der Waals surface area contributed by atoms with Crippen molar-refractivity contribution in [1.82, 2.24) is 14.5 Å². The van der Waals surface area contributed by atoms with Crippen LogP contribution in [0.1, 0.15) is 17.8 Å². The molecule has 2 aromatic heterocycles. The Morgan fingerprint density at radius 1 is 1.20 bits per heavy atom. The van der Waals surface area contributed by atoms with Gasteiger partial charge in [0.25, 0.3) is 0 Å². The van der Waals surface area contributed by atoms with Gasteiger partial charge in [-0.3, -0.25) is 9.36 Å². The summed E-state index contributed by atoms with van der Waals surface area (Å²) in [6.07, 6.45) is 6.25. The molecule has 0 saturated carbocycles. The van der Waals surface area contributed by atoms with Crippen molar-refractivity contribution in [3.05, 3.63) is 66.4 Å². The van der Waals surface area contributed by atoms with E-state index in [-0.39, 0.29) is 5.91 Å². The lowest BCUT2D eigenvalue weighted by atomic mass is 10.1. The number of rotatable bonds is 6. The van der Waals surface area contributed by atoms with E-state index >= 15 is 0 Å². The van der Waals surface area contributed by atoms with Gasteiger partial charge >= 0.3 is 0 Å². The van der Waals surface area contributed by atoms with E-state index in [1.54, 1.807) is 25.6 Å². The lowest BCUT2D eigenvalue weighted by Gasteiger charge is -2.12. The number of amides is 1. The number of ether oxygens (including phenoxy) is 1.